The van der Waals surface area contributed by atoms with Gasteiger partial charge in [-0.2, -0.15) is 11.8 Å². The molecule has 21 heavy (non-hydrogen) atoms. The second kappa shape index (κ2) is 9.27. The third kappa shape index (κ3) is 6.06. The van der Waals surface area contributed by atoms with Gasteiger partial charge in [0.25, 0.3) is 11.8 Å². The van der Waals surface area contributed by atoms with E-state index < -0.39 is 24.0 Å². The van der Waals surface area contributed by atoms with Crippen LogP contribution in [0.15, 0.2) is 18.6 Å². The number of nitrogens with two attached hydrogens (primary N) is 1. The summed E-state index contributed by atoms with van der Waals surface area (Å²) in [5, 5.41) is 9.74. The Morgan fingerprint density at radius 1 is 1.43 bits per heavy atom. The summed E-state index contributed by atoms with van der Waals surface area (Å²) in [6.45, 7) is 2.02. The molecule has 1 heterocycles. The molecule has 5 N–H and O–H groups in total. The number of nitrogens with one attached hydrogen (secondary N) is 2. The monoisotopic (exact) mass is 313 g/mol. The van der Waals surface area contributed by atoms with Crippen LogP contribution in [0.4, 0.5) is 0 Å². The highest BCUT2D eigenvalue weighted by Crippen LogP contribution is 2.05. The van der Waals surface area contributed by atoms with Crippen LogP contribution in [0.1, 0.15) is 23.8 Å². The Labute approximate surface area is 126 Å². The molecule has 1 rings (SSSR count). The second-order valence-electron chi connectivity index (χ2n) is 4.13. The molecule has 0 saturated carbocycles. The van der Waals surface area contributed by atoms with Gasteiger partial charge in [-0.15, -0.1) is 0 Å². The normalized spacial score (nSPS) is 13.3. The van der Waals surface area contributed by atoms with Gasteiger partial charge in [-0.25, -0.2) is 4.98 Å². The average molecular weight is 313 g/mol. The molecule has 2 atom stereocenters. The van der Waals surface area contributed by atoms with Crippen LogP contribution in [0, 0.1) is 0 Å². The molecule has 0 aliphatic heterocycles. The Hall–Kier alpha value is -1.71. The Bertz CT molecular complexity index is 459. The Kier molecular flexibility index (Phi) is 7.65. The molecule has 0 aliphatic rings. The second-order valence-corrected chi connectivity index (χ2v) is 5.52. The maximum Gasteiger partial charge on any atom is 0.289 e. The van der Waals surface area contributed by atoms with Crippen molar-refractivity contribution in [3.63, 3.8) is 0 Å². The lowest BCUT2D eigenvalue weighted by Gasteiger charge is -2.18. The van der Waals surface area contributed by atoms with E-state index in [4.69, 9.17) is 5.73 Å². The minimum Gasteiger partial charge on any atom is -0.382 e. The van der Waals surface area contributed by atoms with Gasteiger partial charge in [0.2, 0.25) is 0 Å². The van der Waals surface area contributed by atoms with Gasteiger partial charge in [0, 0.05) is 18.4 Å². The van der Waals surface area contributed by atoms with Crippen molar-refractivity contribution in [2.45, 2.75) is 25.5 Å². The van der Waals surface area contributed by atoms with Crippen LogP contribution < -0.4 is 16.6 Å². The fourth-order valence-corrected chi connectivity index (χ4v) is 2.12. The summed E-state index contributed by atoms with van der Waals surface area (Å²) < 4.78 is 0. The average Bonchev–Trinajstić information content (AvgIpc) is 2.52. The van der Waals surface area contributed by atoms with Crippen molar-refractivity contribution in [1.82, 2.24) is 20.8 Å². The molecule has 0 fully saturated rings. The Morgan fingerprint density at radius 2 is 2.19 bits per heavy atom. The predicted octanol–water partition coefficient (Wildman–Crippen LogP) is -0.931. The first-order chi connectivity index (χ1) is 10.1. The summed E-state index contributed by atoms with van der Waals surface area (Å²) in [4.78, 5) is 30.8. The topological polar surface area (TPSA) is 130 Å². The summed E-state index contributed by atoms with van der Waals surface area (Å²) >= 11 is 1.67. The number of amides is 2. The van der Waals surface area contributed by atoms with E-state index in [1.165, 1.54) is 18.6 Å². The lowest BCUT2D eigenvalue weighted by molar-refractivity contribution is -0.131. The summed E-state index contributed by atoms with van der Waals surface area (Å²) in [7, 11) is 0. The van der Waals surface area contributed by atoms with Gasteiger partial charge in [0.15, 0.2) is 0 Å². The molecule has 0 aliphatic carbocycles. The van der Waals surface area contributed by atoms with Crippen LogP contribution in [-0.4, -0.2) is 50.5 Å². The van der Waals surface area contributed by atoms with Gasteiger partial charge in [0.1, 0.15) is 11.8 Å². The fraction of sp³-hybridized carbons (Fsp3) is 0.500. The maximum atomic E-state index is 11.7. The van der Waals surface area contributed by atoms with Crippen molar-refractivity contribution in [1.29, 1.82) is 0 Å². The Balaban J connectivity index is 2.37. The smallest absolute Gasteiger partial charge is 0.289 e. The lowest BCUT2D eigenvalue weighted by atomic mass is 10.1. The molecular formula is C12H19N5O3S. The molecule has 0 saturated heterocycles. The summed E-state index contributed by atoms with van der Waals surface area (Å²) in [6, 6.07) is -0.683. The molecule has 1 aromatic heterocycles. The van der Waals surface area contributed by atoms with E-state index in [1.54, 1.807) is 11.8 Å². The molecule has 0 aromatic carbocycles. The molecule has 8 nitrogen and oxygen atoms in total. The van der Waals surface area contributed by atoms with Gasteiger partial charge in [-0.05, 0) is 17.9 Å². The molecule has 116 valence electrons. The molecule has 0 radical (unpaired) electrons. The minimum absolute atomic E-state index is 0.0518. The largest absolute Gasteiger partial charge is 0.382 e. The predicted molar refractivity (Wildman–Crippen MR) is 79.2 cm³/mol. The number of thioether (sulfide) groups is 1. The first-order valence-corrected chi connectivity index (χ1v) is 7.59. The van der Waals surface area contributed by atoms with Gasteiger partial charge < -0.3 is 10.8 Å². The minimum atomic E-state index is -1.38. The van der Waals surface area contributed by atoms with E-state index in [-0.39, 0.29) is 5.69 Å². The molecule has 2 amide bonds. The van der Waals surface area contributed by atoms with E-state index in [2.05, 4.69) is 20.8 Å². The van der Waals surface area contributed by atoms with Crippen molar-refractivity contribution in [2.75, 3.05) is 11.5 Å². The van der Waals surface area contributed by atoms with Crippen molar-refractivity contribution in [3.8, 4) is 0 Å². The standard InChI is InChI=1S/C12H19N5O3S/c1-2-21-6-3-8(13)10(18)12(20)17-16-11(19)9-7-14-4-5-15-9/h4-5,7-8,10,18H,2-3,6,13H2,1H3,(H,16,19)(H,17,20)/t8-,10?/m1/s1. The van der Waals surface area contributed by atoms with Crippen LogP contribution in [0.3, 0.4) is 0 Å². The summed E-state index contributed by atoms with van der Waals surface area (Å²) in [6.07, 6.45) is 3.15. The van der Waals surface area contributed by atoms with Crippen LogP contribution in [0.25, 0.3) is 0 Å². The quantitative estimate of drug-likeness (QED) is 0.378. The number of carbonyl (C=O) groups excluding carboxylic acids is 2. The van der Waals surface area contributed by atoms with Crippen molar-refractivity contribution >= 4 is 23.6 Å². The number of rotatable bonds is 7. The van der Waals surface area contributed by atoms with Crippen molar-refractivity contribution < 1.29 is 14.7 Å². The number of nitrogens with zero attached hydrogens (tertiary/aromatic N) is 2. The number of aliphatic hydroxyl groups is 1. The Morgan fingerprint density at radius 3 is 2.81 bits per heavy atom. The first kappa shape index (κ1) is 17.3. The van der Waals surface area contributed by atoms with Crippen molar-refractivity contribution in [2.24, 2.45) is 5.73 Å². The summed E-state index contributed by atoms with van der Waals surface area (Å²) in [5.74, 6) is 0.317. The molecule has 1 unspecified atom stereocenters. The highest BCUT2D eigenvalue weighted by Gasteiger charge is 2.23. The molecule has 9 heteroatoms. The molecule has 0 spiro atoms. The summed E-state index contributed by atoms with van der Waals surface area (Å²) in [5.41, 5.74) is 10.0. The number of hydrogen-bond donors (Lipinski definition) is 4. The van der Waals surface area contributed by atoms with E-state index in [0.717, 1.165) is 11.5 Å². The SMILES string of the molecule is CCSCC[C@@H](N)C(O)C(=O)NNC(=O)c1cnccn1. The van der Waals surface area contributed by atoms with Gasteiger partial charge in [-0.1, -0.05) is 6.92 Å². The van der Waals surface area contributed by atoms with Crippen molar-refractivity contribution in [3.05, 3.63) is 24.3 Å². The van der Waals surface area contributed by atoms with Gasteiger partial charge >= 0.3 is 0 Å². The van der Waals surface area contributed by atoms with Crippen LogP contribution in [-0.2, 0) is 4.79 Å². The van der Waals surface area contributed by atoms with Crippen LogP contribution in [0.2, 0.25) is 0 Å². The van der Waals surface area contributed by atoms with Crippen LogP contribution >= 0.6 is 11.8 Å². The molecule has 0 bridgehead atoms. The van der Waals surface area contributed by atoms with Gasteiger partial charge in [-0.3, -0.25) is 25.4 Å². The number of hydrazine groups is 1. The molecular weight excluding hydrogens is 294 g/mol. The van der Waals surface area contributed by atoms with Gasteiger partial charge in [0.05, 0.1) is 6.20 Å². The third-order valence-electron chi connectivity index (χ3n) is 2.57. The lowest BCUT2D eigenvalue weighted by Crippen LogP contribution is -2.52. The number of aliphatic hydroxyl groups excluding tert-OH is 1. The van der Waals surface area contributed by atoms with E-state index >= 15 is 0 Å². The fourth-order valence-electron chi connectivity index (χ4n) is 1.39. The number of hydrogen-bond acceptors (Lipinski definition) is 7. The van der Waals surface area contributed by atoms with E-state index in [1.807, 2.05) is 6.92 Å². The number of aromatic nitrogens is 2. The van der Waals surface area contributed by atoms with E-state index in [0.29, 0.717) is 6.42 Å². The maximum absolute atomic E-state index is 11.7. The zero-order valence-corrected chi connectivity index (χ0v) is 12.5. The van der Waals surface area contributed by atoms with Crippen LogP contribution in [0.5, 0.6) is 0 Å². The third-order valence-corrected chi connectivity index (χ3v) is 3.50. The highest BCUT2D eigenvalue weighted by atomic mass is 32.2. The van der Waals surface area contributed by atoms with E-state index in [9.17, 15) is 14.7 Å². The first-order valence-electron chi connectivity index (χ1n) is 6.43. The molecule has 1 aromatic rings. The highest BCUT2D eigenvalue weighted by molar-refractivity contribution is 7.99. The number of carbonyl (C=O) groups is 2. The zero-order valence-electron chi connectivity index (χ0n) is 11.7. The zero-order chi connectivity index (χ0) is 15.7.